The summed E-state index contributed by atoms with van der Waals surface area (Å²) in [4.78, 5) is 18.6. The van der Waals surface area contributed by atoms with Crippen LogP contribution in [0.5, 0.6) is 0 Å². The minimum Gasteiger partial charge on any atom is -0.444 e. The Hall–Kier alpha value is -3.75. The van der Waals surface area contributed by atoms with E-state index in [1.807, 2.05) is 35.2 Å². The highest BCUT2D eigenvalue weighted by Gasteiger charge is 2.32. The van der Waals surface area contributed by atoms with Crippen molar-refractivity contribution in [1.29, 1.82) is 0 Å². The molecule has 1 amide bonds. The maximum absolute atomic E-state index is 13.1. The van der Waals surface area contributed by atoms with E-state index in [2.05, 4.69) is 15.6 Å². The Balaban J connectivity index is 1.69. The second-order valence-electron chi connectivity index (χ2n) is 9.37. The summed E-state index contributed by atoms with van der Waals surface area (Å²) in [7, 11) is 0. The van der Waals surface area contributed by atoms with Gasteiger partial charge < -0.3 is 20.3 Å². The first-order chi connectivity index (χ1) is 16.5. The number of nitrogens with zero attached hydrogens (tertiary/aromatic N) is 2. The predicted molar refractivity (Wildman–Crippen MR) is 129 cm³/mol. The van der Waals surface area contributed by atoms with E-state index >= 15 is 0 Å². The lowest BCUT2D eigenvalue weighted by molar-refractivity contribution is -0.137. The summed E-state index contributed by atoms with van der Waals surface area (Å²) in [5, 5.41) is 6.28. The summed E-state index contributed by atoms with van der Waals surface area (Å²) in [5.41, 5.74) is 2.61. The minimum absolute atomic E-state index is 0.337. The number of hydrogen-bond donors (Lipinski definition) is 2. The van der Waals surface area contributed by atoms with Crippen molar-refractivity contribution in [3.05, 3.63) is 78.1 Å². The van der Waals surface area contributed by atoms with Gasteiger partial charge in [-0.3, -0.25) is 4.98 Å². The van der Waals surface area contributed by atoms with Crippen LogP contribution in [0.15, 0.2) is 67.0 Å². The van der Waals surface area contributed by atoms with Crippen molar-refractivity contribution < 1.29 is 22.7 Å². The molecule has 1 aromatic heterocycles. The number of amides is 1. The number of nitrogens with one attached hydrogen (secondary N) is 2. The number of alkyl halides is 3. The highest BCUT2D eigenvalue weighted by molar-refractivity contribution is 5.78. The lowest BCUT2D eigenvalue weighted by atomic mass is 9.95. The Morgan fingerprint density at radius 2 is 1.80 bits per heavy atom. The van der Waals surface area contributed by atoms with Gasteiger partial charge in [0.1, 0.15) is 5.60 Å². The summed E-state index contributed by atoms with van der Waals surface area (Å²) in [5.74, 6) is 0. The highest BCUT2D eigenvalue weighted by Crippen LogP contribution is 2.39. The zero-order chi connectivity index (χ0) is 25.2. The number of rotatable bonds is 4. The average molecular weight is 485 g/mol. The molecule has 1 aliphatic heterocycles. The molecule has 0 saturated carbocycles. The lowest BCUT2D eigenvalue weighted by Gasteiger charge is -2.37. The zero-order valence-electron chi connectivity index (χ0n) is 19.7. The normalized spacial score (nSPS) is 15.8. The molecule has 2 heterocycles. The van der Waals surface area contributed by atoms with Gasteiger partial charge in [-0.05, 0) is 75.7 Å². The zero-order valence-corrected chi connectivity index (χ0v) is 19.7. The van der Waals surface area contributed by atoms with Gasteiger partial charge in [0.05, 0.1) is 23.5 Å². The highest BCUT2D eigenvalue weighted by atomic mass is 19.4. The molecule has 0 fully saturated rings. The molecule has 1 atom stereocenters. The van der Waals surface area contributed by atoms with Crippen LogP contribution >= 0.6 is 0 Å². The average Bonchev–Trinajstić information content (AvgIpc) is 2.78. The monoisotopic (exact) mass is 484 g/mol. The van der Waals surface area contributed by atoms with E-state index in [-0.39, 0.29) is 6.04 Å². The molecule has 35 heavy (non-hydrogen) atoms. The third-order valence-electron chi connectivity index (χ3n) is 5.46. The summed E-state index contributed by atoms with van der Waals surface area (Å²) in [6.45, 7) is 5.72. The largest absolute Gasteiger partial charge is 0.444 e. The third kappa shape index (κ3) is 6.03. The van der Waals surface area contributed by atoms with Crippen LogP contribution in [0.1, 0.15) is 31.9 Å². The Bertz CT molecular complexity index is 1180. The molecule has 1 unspecified atom stereocenters. The van der Waals surface area contributed by atoms with Crippen molar-refractivity contribution in [2.45, 2.75) is 45.0 Å². The van der Waals surface area contributed by atoms with E-state index in [0.29, 0.717) is 18.7 Å². The van der Waals surface area contributed by atoms with Gasteiger partial charge in [0.15, 0.2) is 0 Å². The molecule has 2 N–H and O–H groups in total. The van der Waals surface area contributed by atoms with E-state index in [9.17, 15) is 18.0 Å². The van der Waals surface area contributed by atoms with Crippen molar-refractivity contribution in [1.82, 2.24) is 10.3 Å². The van der Waals surface area contributed by atoms with Crippen LogP contribution in [0.25, 0.3) is 0 Å². The van der Waals surface area contributed by atoms with E-state index < -0.39 is 23.4 Å². The number of benzene rings is 2. The first-order valence-electron chi connectivity index (χ1n) is 11.2. The van der Waals surface area contributed by atoms with E-state index in [1.165, 1.54) is 12.1 Å². The van der Waals surface area contributed by atoms with Gasteiger partial charge in [0.2, 0.25) is 0 Å². The molecule has 0 radical (unpaired) electrons. The molecule has 9 heteroatoms. The van der Waals surface area contributed by atoms with E-state index in [0.717, 1.165) is 34.8 Å². The Morgan fingerprint density at radius 1 is 1.06 bits per heavy atom. The summed E-state index contributed by atoms with van der Waals surface area (Å²) in [6.07, 6.45) is -1.07. The number of halogens is 3. The van der Waals surface area contributed by atoms with Crippen LogP contribution in [0, 0.1) is 0 Å². The molecule has 2 aromatic carbocycles. The third-order valence-corrected chi connectivity index (χ3v) is 5.46. The van der Waals surface area contributed by atoms with Gasteiger partial charge in [0, 0.05) is 35.4 Å². The fraction of sp³-hybridized carbons (Fsp3) is 0.308. The van der Waals surface area contributed by atoms with Gasteiger partial charge in [-0.15, -0.1) is 0 Å². The smallest absolute Gasteiger partial charge is 0.416 e. The molecule has 4 rings (SSSR count). The molecular weight excluding hydrogens is 457 g/mol. The maximum Gasteiger partial charge on any atom is 0.416 e. The minimum atomic E-state index is -4.42. The number of aromatic nitrogens is 1. The van der Waals surface area contributed by atoms with Crippen LogP contribution in [-0.4, -0.2) is 29.3 Å². The summed E-state index contributed by atoms with van der Waals surface area (Å²) >= 11 is 0. The molecule has 0 spiro atoms. The van der Waals surface area contributed by atoms with Crippen molar-refractivity contribution in [2.75, 3.05) is 16.8 Å². The number of pyridine rings is 1. The molecule has 1 aliphatic rings. The van der Waals surface area contributed by atoms with Crippen molar-refractivity contribution in [3.63, 3.8) is 0 Å². The predicted octanol–water partition coefficient (Wildman–Crippen LogP) is 6.43. The lowest BCUT2D eigenvalue weighted by Crippen LogP contribution is -2.48. The number of hydrogen-bond acceptors (Lipinski definition) is 5. The number of alkyl carbamates (subject to hydrolysis) is 1. The maximum atomic E-state index is 13.1. The first-order valence-corrected chi connectivity index (χ1v) is 11.2. The Labute approximate surface area is 202 Å². The molecule has 0 saturated heterocycles. The number of anilines is 4. The van der Waals surface area contributed by atoms with Gasteiger partial charge in [-0.1, -0.05) is 6.07 Å². The fourth-order valence-corrected chi connectivity index (χ4v) is 4.03. The van der Waals surface area contributed by atoms with E-state index in [4.69, 9.17) is 4.74 Å². The SMILES string of the molecule is CC(C)(C)OC(=O)NC1Cc2c(Nc3cccnc3)cccc2N(c2ccc(C(F)(F)F)cc2)C1. The van der Waals surface area contributed by atoms with Crippen molar-refractivity contribution >= 4 is 28.8 Å². The Kier molecular flexibility index (Phi) is 6.60. The fourth-order valence-electron chi connectivity index (χ4n) is 4.03. The molecule has 184 valence electrons. The quantitative estimate of drug-likeness (QED) is 0.447. The second-order valence-corrected chi connectivity index (χ2v) is 9.37. The first kappa shape index (κ1) is 24.4. The van der Waals surface area contributed by atoms with Crippen LogP contribution in [-0.2, 0) is 17.3 Å². The topological polar surface area (TPSA) is 66.5 Å². The Morgan fingerprint density at radius 3 is 2.43 bits per heavy atom. The number of fused-ring (bicyclic) bond motifs is 1. The molecule has 0 aliphatic carbocycles. The van der Waals surface area contributed by atoms with Crippen LogP contribution in [0.3, 0.4) is 0 Å². The van der Waals surface area contributed by atoms with Crippen molar-refractivity contribution in [2.24, 2.45) is 0 Å². The van der Waals surface area contributed by atoms with Gasteiger partial charge in [0.25, 0.3) is 0 Å². The molecular formula is C26H27F3N4O2. The van der Waals surface area contributed by atoms with Crippen LogP contribution < -0.4 is 15.5 Å². The standard InChI is InChI=1S/C26H27F3N4O2/c1-25(2,3)35-24(34)32-19-14-21-22(31-18-6-5-13-30-15-18)7-4-8-23(21)33(16-19)20-11-9-17(10-12-20)26(27,28)29/h4-13,15,19,31H,14,16H2,1-3H3,(H,32,34). The van der Waals surface area contributed by atoms with Crippen LogP contribution in [0.4, 0.5) is 40.7 Å². The van der Waals surface area contributed by atoms with Crippen molar-refractivity contribution in [3.8, 4) is 0 Å². The molecule has 6 nitrogen and oxygen atoms in total. The number of ether oxygens (including phenoxy) is 1. The molecule has 0 bridgehead atoms. The summed E-state index contributed by atoms with van der Waals surface area (Å²) < 4.78 is 44.8. The van der Waals surface area contributed by atoms with E-state index in [1.54, 1.807) is 33.2 Å². The van der Waals surface area contributed by atoms with Gasteiger partial charge in [-0.25, -0.2) is 4.79 Å². The number of carbonyl (C=O) groups is 1. The summed E-state index contributed by atoms with van der Waals surface area (Å²) in [6, 6.07) is 14.1. The second kappa shape index (κ2) is 9.48. The van der Waals surface area contributed by atoms with Gasteiger partial charge in [-0.2, -0.15) is 13.2 Å². The number of carbonyl (C=O) groups excluding carboxylic acids is 1. The van der Waals surface area contributed by atoms with Gasteiger partial charge >= 0.3 is 12.3 Å². The molecule has 3 aromatic rings. The van der Waals surface area contributed by atoms with Crippen LogP contribution in [0.2, 0.25) is 0 Å².